The summed E-state index contributed by atoms with van der Waals surface area (Å²) in [6.07, 6.45) is 1.13. The first kappa shape index (κ1) is 17.2. The maximum absolute atomic E-state index is 5.25. The lowest BCUT2D eigenvalue weighted by molar-refractivity contribution is 0.104. The highest BCUT2D eigenvalue weighted by Gasteiger charge is 2.25. The number of methoxy groups -OCH3 is 1. The standard InChI is InChI=1S/C17H30N2O/c1-5-16(19(7-3)13-14-20-4)17(18-6-2)15-11-9-8-10-12-15/h8-12,16-18H,5-7,13-14H2,1-4H3. The van der Waals surface area contributed by atoms with Gasteiger partial charge >= 0.3 is 0 Å². The van der Waals surface area contributed by atoms with Gasteiger partial charge in [0.05, 0.1) is 6.61 Å². The number of hydrogen-bond acceptors (Lipinski definition) is 3. The van der Waals surface area contributed by atoms with Crippen molar-refractivity contribution < 1.29 is 4.74 Å². The molecule has 1 rings (SSSR count). The van der Waals surface area contributed by atoms with E-state index in [9.17, 15) is 0 Å². The molecule has 0 saturated carbocycles. The van der Waals surface area contributed by atoms with Gasteiger partial charge in [-0.3, -0.25) is 4.90 Å². The van der Waals surface area contributed by atoms with Crippen molar-refractivity contribution in [3.63, 3.8) is 0 Å². The molecule has 0 heterocycles. The number of rotatable bonds is 10. The molecule has 0 spiro atoms. The molecule has 0 aromatic heterocycles. The lowest BCUT2D eigenvalue weighted by atomic mass is 9.95. The molecule has 0 aliphatic carbocycles. The molecule has 2 atom stereocenters. The molecule has 0 amide bonds. The number of nitrogens with zero attached hydrogens (tertiary/aromatic N) is 1. The van der Waals surface area contributed by atoms with E-state index in [0.717, 1.165) is 32.7 Å². The van der Waals surface area contributed by atoms with E-state index < -0.39 is 0 Å². The fourth-order valence-electron chi connectivity index (χ4n) is 2.83. The Kier molecular flexibility index (Phi) is 8.51. The Morgan fingerprint density at radius 3 is 2.35 bits per heavy atom. The monoisotopic (exact) mass is 278 g/mol. The van der Waals surface area contributed by atoms with E-state index in [1.807, 2.05) is 0 Å². The van der Waals surface area contributed by atoms with Crippen molar-refractivity contribution in [1.82, 2.24) is 10.2 Å². The first-order chi connectivity index (χ1) is 9.78. The van der Waals surface area contributed by atoms with E-state index >= 15 is 0 Å². The average Bonchev–Trinajstić information content (AvgIpc) is 2.50. The van der Waals surface area contributed by atoms with Crippen LogP contribution in [0.15, 0.2) is 30.3 Å². The second kappa shape index (κ2) is 9.92. The van der Waals surface area contributed by atoms with E-state index in [0.29, 0.717) is 12.1 Å². The number of benzene rings is 1. The minimum atomic E-state index is 0.378. The fourth-order valence-corrected chi connectivity index (χ4v) is 2.83. The summed E-state index contributed by atoms with van der Waals surface area (Å²) in [6, 6.07) is 11.6. The van der Waals surface area contributed by atoms with Gasteiger partial charge in [-0.15, -0.1) is 0 Å². The average molecular weight is 278 g/mol. The predicted octanol–water partition coefficient (Wildman–Crippen LogP) is 3.08. The normalized spacial score (nSPS) is 14.4. The van der Waals surface area contributed by atoms with Crippen LogP contribution in [0.1, 0.15) is 38.8 Å². The van der Waals surface area contributed by atoms with Crippen molar-refractivity contribution in [3.05, 3.63) is 35.9 Å². The molecule has 3 heteroatoms. The predicted molar refractivity (Wildman–Crippen MR) is 86.1 cm³/mol. The van der Waals surface area contributed by atoms with Gasteiger partial charge in [0.2, 0.25) is 0 Å². The van der Waals surface area contributed by atoms with E-state index in [1.54, 1.807) is 7.11 Å². The quantitative estimate of drug-likeness (QED) is 0.712. The van der Waals surface area contributed by atoms with Gasteiger partial charge in [0.1, 0.15) is 0 Å². The Morgan fingerprint density at radius 1 is 1.15 bits per heavy atom. The third kappa shape index (κ3) is 4.89. The molecular weight excluding hydrogens is 248 g/mol. The Labute approximate surface area is 124 Å². The second-order valence-electron chi connectivity index (χ2n) is 5.04. The van der Waals surface area contributed by atoms with E-state index in [2.05, 4.69) is 61.3 Å². The minimum absolute atomic E-state index is 0.378. The van der Waals surface area contributed by atoms with Gasteiger partial charge in [0.25, 0.3) is 0 Å². The SMILES string of the molecule is CCNC(c1ccccc1)C(CC)N(CC)CCOC. The van der Waals surface area contributed by atoms with Crippen LogP contribution >= 0.6 is 0 Å². The van der Waals surface area contributed by atoms with Gasteiger partial charge in [0, 0.05) is 25.7 Å². The van der Waals surface area contributed by atoms with Crippen LogP contribution in [-0.2, 0) is 4.74 Å². The summed E-state index contributed by atoms with van der Waals surface area (Å²) in [5, 5.41) is 3.66. The van der Waals surface area contributed by atoms with Crippen LogP contribution in [0.3, 0.4) is 0 Å². The number of likely N-dealkylation sites (N-methyl/N-ethyl adjacent to an activating group) is 2. The van der Waals surface area contributed by atoms with Crippen molar-refractivity contribution >= 4 is 0 Å². The van der Waals surface area contributed by atoms with Crippen molar-refractivity contribution in [1.29, 1.82) is 0 Å². The molecule has 20 heavy (non-hydrogen) atoms. The van der Waals surface area contributed by atoms with Crippen molar-refractivity contribution in [3.8, 4) is 0 Å². The topological polar surface area (TPSA) is 24.5 Å². The summed E-state index contributed by atoms with van der Waals surface area (Å²) >= 11 is 0. The van der Waals surface area contributed by atoms with Crippen LogP contribution in [0.2, 0.25) is 0 Å². The van der Waals surface area contributed by atoms with E-state index in [-0.39, 0.29) is 0 Å². The van der Waals surface area contributed by atoms with Crippen molar-refractivity contribution in [2.45, 2.75) is 39.3 Å². The van der Waals surface area contributed by atoms with Gasteiger partial charge < -0.3 is 10.1 Å². The number of hydrogen-bond donors (Lipinski definition) is 1. The zero-order valence-electron chi connectivity index (χ0n) is 13.4. The fraction of sp³-hybridized carbons (Fsp3) is 0.647. The summed E-state index contributed by atoms with van der Waals surface area (Å²) in [5.74, 6) is 0. The number of nitrogens with one attached hydrogen (secondary N) is 1. The Morgan fingerprint density at radius 2 is 1.85 bits per heavy atom. The largest absolute Gasteiger partial charge is 0.383 e. The van der Waals surface area contributed by atoms with Crippen LogP contribution < -0.4 is 5.32 Å². The zero-order valence-corrected chi connectivity index (χ0v) is 13.4. The van der Waals surface area contributed by atoms with Gasteiger partial charge in [-0.2, -0.15) is 0 Å². The molecule has 1 aromatic rings. The summed E-state index contributed by atoms with van der Waals surface area (Å²) in [4.78, 5) is 2.52. The summed E-state index contributed by atoms with van der Waals surface area (Å²) < 4.78 is 5.25. The maximum Gasteiger partial charge on any atom is 0.0589 e. The molecule has 3 nitrogen and oxygen atoms in total. The number of ether oxygens (including phenoxy) is 1. The highest BCUT2D eigenvalue weighted by molar-refractivity contribution is 5.20. The summed E-state index contributed by atoms with van der Waals surface area (Å²) in [5.41, 5.74) is 1.37. The first-order valence-electron chi connectivity index (χ1n) is 7.79. The smallest absolute Gasteiger partial charge is 0.0589 e. The summed E-state index contributed by atoms with van der Waals surface area (Å²) in [7, 11) is 1.77. The molecule has 1 aromatic carbocycles. The molecule has 0 saturated heterocycles. The highest BCUT2D eigenvalue weighted by Crippen LogP contribution is 2.23. The Bertz CT molecular complexity index is 342. The molecule has 0 bridgehead atoms. The lowest BCUT2D eigenvalue weighted by Gasteiger charge is -2.36. The lowest BCUT2D eigenvalue weighted by Crippen LogP contribution is -2.45. The molecule has 0 aliphatic rings. The molecule has 2 unspecified atom stereocenters. The molecule has 0 aliphatic heterocycles. The van der Waals surface area contributed by atoms with Crippen LogP contribution in [0, 0.1) is 0 Å². The second-order valence-corrected chi connectivity index (χ2v) is 5.04. The Balaban J connectivity index is 2.90. The van der Waals surface area contributed by atoms with Gasteiger partial charge in [0.15, 0.2) is 0 Å². The molecular formula is C17H30N2O. The van der Waals surface area contributed by atoms with E-state index in [4.69, 9.17) is 4.74 Å². The third-order valence-corrected chi connectivity index (χ3v) is 3.84. The van der Waals surface area contributed by atoms with Crippen LogP contribution in [-0.4, -0.2) is 44.3 Å². The van der Waals surface area contributed by atoms with Crippen LogP contribution in [0.25, 0.3) is 0 Å². The maximum atomic E-state index is 5.25. The minimum Gasteiger partial charge on any atom is -0.383 e. The van der Waals surface area contributed by atoms with Gasteiger partial charge in [-0.05, 0) is 25.1 Å². The van der Waals surface area contributed by atoms with Gasteiger partial charge in [-0.25, -0.2) is 0 Å². The van der Waals surface area contributed by atoms with Crippen LogP contribution in [0.5, 0.6) is 0 Å². The van der Waals surface area contributed by atoms with Gasteiger partial charge in [-0.1, -0.05) is 51.1 Å². The van der Waals surface area contributed by atoms with Crippen molar-refractivity contribution in [2.75, 3.05) is 33.4 Å². The molecule has 1 N–H and O–H groups in total. The van der Waals surface area contributed by atoms with Crippen LogP contribution in [0.4, 0.5) is 0 Å². The highest BCUT2D eigenvalue weighted by atomic mass is 16.5. The van der Waals surface area contributed by atoms with E-state index in [1.165, 1.54) is 5.56 Å². The zero-order chi connectivity index (χ0) is 14.8. The summed E-state index contributed by atoms with van der Waals surface area (Å²) in [6.45, 7) is 10.5. The molecule has 114 valence electrons. The first-order valence-corrected chi connectivity index (χ1v) is 7.79. The Hall–Kier alpha value is -0.900. The molecule has 0 fully saturated rings. The third-order valence-electron chi connectivity index (χ3n) is 3.84. The van der Waals surface area contributed by atoms with Crippen molar-refractivity contribution in [2.24, 2.45) is 0 Å². The molecule has 0 radical (unpaired) electrons.